The Morgan fingerprint density at radius 2 is 2.15 bits per heavy atom. The number of benzene rings is 1. The van der Waals surface area contributed by atoms with E-state index in [9.17, 15) is 0 Å². The Morgan fingerprint density at radius 1 is 1.37 bits per heavy atom. The minimum atomic E-state index is 0. The maximum atomic E-state index is 6.03. The van der Waals surface area contributed by atoms with E-state index >= 15 is 0 Å². The molecular weight excluding hydrogens is 453 g/mol. The van der Waals surface area contributed by atoms with Crippen LogP contribution in [0.2, 0.25) is 0 Å². The van der Waals surface area contributed by atoms with Crippen molar-refractivity contribution in [1.29, 1.82) is 0 Å². The van der Waals surface area contributed by atoms with Crippen molar-refractivity contribution in [3.05, 3.63) is 29.3 Å². The van der Waals surface area contributed by atoms with Gasteiger partial charge in [-0.15, -0.1) is 24.0 Å². The van der Waals surface area contributed by atoms with E-state index in [0.717, 1.165) is 23.9 Å². The van der Waals surface area contributed by atoms with Crippen molar-refractivity contribution < 1.29 is 9.47 Å². The highest BCUT2D eigenvalue weighted by molar-refractivity contribution is 14.0. The molecule has 150 valence electrons. The van der Waals surface area contributed by atoms with Crippen LogP contribution in [0, 0.1) is 18.3 Å². The quantitative estimate of drug-likeness (QED) is 0.387. The van der Waals surface area contributed by atoms with Crippen LogP contribution in [-0.2, 0) is 4.74 Å². The molecule has 1 aliphatic heterocycles. The van der Waals surface area contributed by atoms with Crippen LogP contribution < -0.4 is 15.4 Å². The summed E-state index contributed by atoms with van der Waals surface area (Å²) in [6.07, 6.45) is 5.53. The second-order valence-corrected chi connectivity index (χ2v) is 8.14. The number of nitrogens with zero attached hydrogens (tertiary/aromatic N) is 1. The molecule has 5 nitrogen and oxygen atoms in total. The zero-order valence-corrected chi connectivity index (χ0v) is 19.1. The molecule has 4 unspecified atom stereocenters. The molecule has 1 aromatic rings. The standard InChI is InChI=1S/C21H31N3O2.HI/c1-13-6-7-17(25-4)16(12-13)14(2)23-20(22-3)24-18-15-8-11-26-19(15)21(18)9-5-10-21;/h6-7,12,14-15,18-19H,5,8-11H2,1-4H3,(H2,22,23,24);1H. The fourth-order valence-electron chi connectivity index (χ4n) is 5.25. The molecule has 0 amide bonds. The maximum Gasteiger partial charge on any atom is 0.191 e. The molecule has 3 fully saturated rings. The van der Waals surface area contributed by atoms with Gasteiger partial charge >= 0.3 is 0 Å². The first kappa shape index (κ1) is 20.7. The van der Waals surface area contributed by atoms with Crippen molar-refractivity contribution in [2.24, 2.45) is 16.3 Å². The fraction of sp³-hybridized carbons (Fsp3) is 0.667. The number of aryl methyl sites for hydroxylation is 1. The Labute approximate surface area is 179 Å². The predicted octanol–water partition coefficient (Wildman–Crippen LogP) is 3.81. The number of hydrogen-bond acceptors (Lipinski definition) is 3. The predicted molar refractivity (Wildman–Crippen MR) is 119 cm³/mol. The van der Waals surface area contributed by atoms with E-state index in [2.05, 4.69) is 41.6 Å². The molecule has 0 bridgehead atoms. The largest absolute Gasteiger partial charge is 0.496 e. The highest BCUT2D eigenvalue weighted by Gasteiger charge is 2.66. The van der Waals surface area contributed by atoms with Gasteiger partial charge in [0.05, 0.1) is 19.3 Å². The number of halogens is 1. The third-order valence-corrected chi connectivity index (χ3v) is 6.76. The van der Waals surface area contributed by atoms with Crippen LogP contribution in [0.15, 0.2) is 23.2 Å². The summed E-state index contributed by atoms with van der Waals surface area (Å²) in [6, 6.07) is 6.90. The van der Waals surface area contributed by atoms with Crippen molar-refractivity contribution in [2.75, 3.05) is 20.8 Å². The number of guanidine groups is 1. The highest BCUT2D eigenvalue weighted by atomic mass is 127. The molecule has 2 saturated carbocycles. The zero-order valence-electron chi connectivity index (χ0n) is 16.7. The van der Waals surface area contributed by atoms with Gasteiger partial charge in [0.25, 0.3) is 0 Å². The molecule has 6 heteroatoms. The summed E-state index contributed by atoms with van der Waals surface area (Å²) in [4.78, 5) is 4.50. The van der Waals surface area contributed by atoms with Crippen molar-refractivity contribution in [3.8, 4) is 5.75 Å². The Bertz CT molecular complexity index is 705. The monoisotopic (exact) mass is 485 g/mol. The van der Waals surface area contributed by atoms with Gasteiger partial charge in [0.1, 0.15) is 5.75 Å². The Morgan fingerprint density at radius 3 is 2.78 bits per heavy atom. The Hall–Kier alpha value is -1.02. The molecule has 4 atom stereocenters. The summed E-state index contributed by atoms with van der Waals surface area (Å²) >= 11 is 0. The molecule has 1 spiro atoms. The molecule has 1 aromatic carbocycles. The number of rotatable bonds is 4. The van der Waals surface area contributed by atoms with Gasteiger partial charge in [-0.05, 0) is 39.2 Å². The average molecular weight is 485 g/mol. The molecule has 2 N–H and O–H groups in total. The minimum Gasteiger partial charge on any atom is -0.496 e. The van der Waals surface area contributed by atoms with Gasteiger partial charge in [-0.2, -0.15) is 0 Å². The normalized spacial score (nSPS) is 29.0. The van der Waals surface area contributed by atoms with E-state index in [1.165, 1.54) is 31.2 Å². The summed E-state index contributed by atoms with van der Waals surface area (Å²) in [5.41, 5.74) is 2.74. The van der Waals surface area contributed by atoms with E-state index in [4.69, 9.17) is 9.47 Å². The number of ether oxygens (including phenoxy) is 2. The van der Waals surface area contributed by atoms with Gasteiger partial charge in [0, 0.05) is 36.6 Å². The first-order valence-corrected chi connectivity index (χ1v) is 9.85. The minimum absolute atomic E-state index is 0. The second-order valence-electron chi connectivity index (χ2n) is 8.14. The lowest BCUT2D eigenvalue weighted by Gasteiger charge is -2.63. The second kappa shape index (κ2) is 8.15. The van der Waals surface area contributed by atoms with Crippen LogP contribution in [0.3, 0.4) is 0 Å². The molecule has 2 aliphatic carbocycles. The third kappa shape index (κ3) is 3.43. The average Bonchev–Trinajstić information content (AvgIpc) is 3.02. The van der Waals surface area contributed by atoms with E-state index in [-0.39, 0.29) is 30.0 Å². The number of fused-ring (bicyclic) bond motifs is 2. The summed E-state index contributed by atoms with van der Waals surface area (Å²) < 4.78 is 11.6. The van der Waals surface area contributed by atoms with Crippen molar-refractivity contribution >= 4 is 29.9 Å². The summed E-state index contributed by atoms with van der Waals surface area (Å²) in [6.45, 7) is 5.18. The fourth-order valence-corrected chi connectivity index (χ4v) is 5.25. The van der Waals surface area contributed by atoms with Gasteiger partial charge in [-0.25, -0.2) is 0 Å². The number of aliphatic imine (C=N–C) groups is 1. The molecule has 27 heavy (non-hydrogen) atoms. The Kier molecular flexibility index (Phi) is 6.25. The van der Waals surface area contributed by atoms with Crippen molar-refractivity contribution in [2.45, 2.75) is 57.7 Å². The first-order valence-electron chi connectivity index (χ1n) is 9.85. The van der Waals surface area contributed by atoms with E-state index < -0.39 is 0 Å². The van der Waals surface area contributed by atoms with Crippen molar-refractivity contribution in [3.63, 3.8) is 0 Å². The van der Waals surface area contributed by atoms with E-state index in [1.807, 2.05) is 13.1 Å². The number of methoxy groups -OCH3 is 1. The number of nitrogens with one attached hydrogen (secondary N) is 2. The highest BCUT2D eigenvalue weighted by Crippen LogP contribution is 2.62. The number of hydrogen-bond donors (Lipinski definition) is 2. The summed E-state index contributed by atoms with van der Waals surface area (Å²) in [5.74, 6) is 2.43. The zero-order chi connectivity index (χ0) is 18.3. The molecule has 0 radical (unpaired) electrons. The van der Waals surface area contributed by atoms with Crippen LogP contribution >= 0.6 is 24.0 Å². The van der Waals surface area contributed by atoms with Crippen molar-refractivity contribution in [1.82, 2.24) is 10.6 Å². The van der Waals surface area contributed by atoms with Crippen LogP contribution in [0.1, 0.15) is 49.8 Å². The van der Waals surface area contributed by atoms with Crippen LogP contribution in [0.4, 0.5) is 0 Å². The van der Waals surface area contributed by atoms with Gasteiger partial charge < -0.3 is 20.1 Å². The first-order chi connectivity index (χ1) is 12.6. The lowest BCUT2D eigenvalue weighted by Crippen LogP contribution is -2.72. The summed E-state index contributed by atoms with van der Waals surface area (Å²) in [5, 5.41) is 7.31. The van der Waals surface area contributed by atoms with E-state index in [1.54, 1.807) is 7.11 Å². The van der Waals surface area contributed by atoms with Gasteiger partial charge in [0.15, 0.2) is 5.96 Å². The van der Waals surface area contributed by atoms with Gasteiger partial charge in [-0.3, -0.25) is 4.99 Å². The third-order valence-electron chi connectivity index (χ3n) is 6.76. The molecular formula is C21H32IN3O2. The topological polar surface area (TPSA) is 54.9 Å². The molecule has 1 heterocycles. The lowest BCUT2D eigenvalue weighted by molar-refractivity contribution is -0.171. The molecule has 0 aromatic heterocycles. The van der Waals surface area contributed by atoms with Crippen LogP contribution in [0.5, 0.6) is 5.75 Å². The van der Waals surface area contributed by atoms with Gasteiger partial charge in [0.2, 0.25) is 0 Å². The molecule has 4 rings (SSSR count). The molecule has 1 saturated heterocycles. The maximum absolute atomic E-state index is 6.03. The van der Waals surface area contributed by atoms with Crippen LogP contribution in [0.25, 0.3) is 0 Å². The van der Waals surface area contributed by atoms with E-state index in [0.29, 0.717) is 23.5 Å². The SMILES string of the molecule is CN=C(NC(C)c1cc(C)ccc1OC)NC1C2CCOC2C12CCC2.I. The molecule has 3 aliphatic rings. The van der Waals surface area contributed by atoms with Crippen LogP contribution in [-0.4, -0.2) is 38.9 Å². The lowest BCUT2D eigenvalue weighted by atomic mass is 9.46. The Balaban J connectivity index is 0.00000210. The smallest absolute Gasteiger partial charge is 0.191 e. The van der Waals surface area contributed by atoms with Gasteiger partial charge in [-0.1, -0.05) is 24.1 Å². The summed E-state index contributed by atoms with van der Waals surface area (Å²) in [7, 11) is 3.58.